The summed E-state index contributed by atoms with van der Waals surface area (Å²) in [6, 6.07) is 0. The first-order chi connectivity index (χ1) is 8.74. The fraction of sp³-hybridized carbons (Fsp3) is 0.500. The molecule has 0 amide bonds. The molecule has 0 aromatic carbocycles. The second kappa shape index (κ2) is 5.83. The summed E-state index contributed by atoms with van der Waals surface area (Å²) in [6.07, 6.45) is -3.59. The number of aryl methyl sites for hydroxylation is 1. The van der Waals surface area contributed by atoms with Crippen molar-refractivity contribution in [2.75, 3.05) is 24.6 Å². The minimum atomic E-state index is -4.54. The van der Waals surface area contributed by atoms with E-state index >= 15 is 0 Å². The minimum Gasteiger partial charge on any atom is -0.477 e. The Hall–Kier alpha value is -1.90. The van der Waals surface area contributed by atoms with Gasteiger partial charge in [-0.1, -0.05) is 0 Å². The summed E-state index contributed by atoms with van der Waals surface area (Å²) >= 11 is 0. The lowest BCUT2D eigenvalue weighted by molar-refractivity contribution is -0.120. The lowest BCUT2D eigenvalue weighted by Crippen LogP contribution is -2.38. The van der Waals surface area contributed by atoms with E-state index in [0.29, 0.717) is 4.90 Å². The molecule has 1 heterocycles. The first-order valence-electron chi connectivity index (χ1n) is 5.24. The Bertz CT molecular complexity index is 465. The maximum absolute atomic E-state index is 12.4. The van der Waals surface area contributed by atoms with Gasteiger partial charge < -0.3 is 15.1 Å². The highest BCUT2D eigenvalue weighted by molar-refractivity contribution is 5.92. The molecule has 106 valence electrons. The van der Waals surface area contributed by atoms with Crippen molar-refractivity contribution in [3.8, 4) is 0 Å². The summed E-state index contributed by atoms with van der Waals surface area (Å²) in [6.45, 7) is -0.904. The van der Waals surface area contributed by atoms with Gasteiger partial charge in [0.1, 0.15) is 23.8 Å². The Morgan fingerprint density at radius 1 is 1.47 bits per heavy atom. The lowest BCUT2D eigenvalue weighted by Gasteiger charge is -2.25. The molecular weight excluding hydrogens is 267 g/mol. The van der Waals surface area contributed by atoms with Gasteiger partial charge in [-0.05, 0) is 6.92 Å². The monoisotopic (exact) mass is 279 g/mol. The molecule has 9 heteroatoms. The molecule has 0 aliphatic carbocycles. The fourth-order valence-corrected chi connectivity index (χ4v) is 1.45. The van der Waals surface area contributed by atoms with Gasteiger partial charge in [-0.15, -0.1) is 0 Å². The number of aliphatic hydroxyl groups is 1. The number of aromatic carboxylic acids is 1. The number of nitrogens with zero attached hydrogens (tertiary/aromatic N) is 3. The smallest absolute Gasteiger partial charge is 0.405 e. The van der Waals surface area contributed by atoms with E-state index in [0.717, 1.165) is 6.20 Å². The maximum atomic E-state index is 12.4. The number of hydrogen-bond donors (Lipinski definition) is 2. The molecule has 0 saturated carbocycles. The Balaban J connectivity index is 3.20. The van der Waals surface area contributed by atoms with Crippen LogP contribution in [0.5, 0.6) is 0 Å². The van der Waals surface area contributed by atoms with Crippen molar-refractivity contribution in [2.24, 2.45) is 0 Å². The number of anilines is 1. The number of aliphatic hydroxyl groups excluding tert-OH is 1. The van der Waals surface area contributed by atoms with Gasteiger partial charge in [0, 0.05) is 12.7 Å². The molecule has 0 fully saturated rings. The largest absolute Gasteiger partial charge is 0.477 e. The van der Waals surface area contributed by atoms with Gasteiger partial charge in [-0.25, -0.2) is 14.8 Å². The molecule has 0 bridgehead atoms. The number of hydrogen-bond acceptors (Lipinski definition) is 5. The molecule has 2 N–H and O–H groups in total. The van der Waals surface area contributed by atoms with E-state index in [9.17, 15) is 18.0 Å². The average Bonchev–Trinajstić information content (AvgIpc) is 2.26. The first kappa shape index (κ1) is 15.2. The van der Waals surface area contributed by atoms with Gasteiger partial charge in [-0.3, -0.25) is 0 Å². The molecule has 0 atom stereocenters. The van der Waals surface area contributed by atoms with E-state index in [1.807, 2.05) is 0 Å². The Morgan fingerprint density at radius 2 is 2.11 bits per heavy atom. The van der Waals surface area contributed by atoms with Crippen molar-refractivity contribution in [1.29, 1.82) is 0 Å². The van der Waals surface area contributed by atoms with E-state index in [4.69, 9.17) is 10.2 Å². The summed E-state index contributed by atoms with van der Waals surface area (Å²) in [4.78, 5) is 19.0. The molecule has 0 aliphatic rings. The zero-order chi connectivity index (χ0) is 14.6. The van der Waals surface area contributed by atoms with Gasteiger partial charge in [0.15, 0.2) is 0 Å². The molecule has 0 saturated heterocycles. The lowest BCUT2D eigenvalue weighted by atomic mass is 10.2. The number of aromatic nitrogens is 2. The summed E-state index contributed by atoms with van der Waals surface area (Å²) in [7, 11) is 0. The normalized spacial score (nSPS) is 11.4. The number of alkyl halides is 3. The molecule has 1 aromatic rings. The summed E-state index contributed by atoms with van der Waals surface area (Å²) in [5, 5.41) is 17.7. The predicted octanol–water partition coefficient (Wildman–Crippen LogP) is 0.844. The van der Waals surface area contributed by atoms with E-state index in [2.05, 4.69) is 9.97 Å². The third-order valence-electron chi connectivity index (χ3n) is 2.16. The molecule has 0 radical (unpaired) electrons. The highest BCUT2D eigenvalue weighted by Crippen LogP contribution is 2.23. The molecule has 6 nitrogen and oxygen atoms in total. The zero-order valence-electron chi connectivity index (χ0n) is 9.98. The van der Waals surface area contributed by atoms with Crippen LogP contribution in [0.25, 0.3) is 0 Å². The quantitative estimate of drug-likeness (QED) is 0.830. The maximum Gasteiger partial charge on any atom is 0.405 e. The third kappa shape index (κ3) is 4.36. The summed E-state index contributed by atoms with van der Waals surface area (Å²) in [5.74, 6) is -1.64. The van der Waals surface area contributed by atoms with E-state index in [1.165, 1.54) is 6.92 Å². The van der Waals surface area contributed by atoms with Crippen LogP contribution < -0.4 is 4.90 Å². The van der Waals surface area contributed by atoms with Crippen LogP contribution in [0.15, 0.2) is 6.20 Å². The highest BCUT2D eigenvalue weighted by Gasteiger charge is 2.33. The van der Waals surface area contributed by atoms with Gasteiger partial charge in [0.25, 0.3) is 0 Å². The molecule has 1 rings (SSSR count). The highest BCUT2D eigenvalue weighted by atomic mass is 19.4. The summed E-state index contributed by atoms with van der Waals surface area (Å²) in [5.41, 5.74) is -0.441. The van der Waals surface area contributed by atoms with Crippen molar-refractivity contribution in [2.45, 2.75) is 13.1 Å². The standard InChI is InChI=1S/C10H12F3N3O3/c1-6-14-4-7(9(18)19)8(15-6)16(2-3-17)5-10(11,12)13/h4,17H,2-3,5H2,1H3,(H,18,19). The van der Waals surface area contributed by atoms with Crippen LogP contribution in [0.4, 0.5) is 19.0 Å². The number of carbonyl (C=O) groups is 1. The molecule has 0 aliphatic heterocycles. The van der Waals surface area contributed by atoms with Crippen molar-refractivity contribution >= 4 is 11.8 Å². The topological polar surface area (TPSA) is 86.5 Å². The van der Waals surface area contributed by atoms with Crippen LogP contribution in [0.1, 0.15) is 16.2 Å². The Kier molecular flexibility index (Phi) is 4.65. The molecule has 19 heavy (non-hydrogen) atoms. The average molecular weight is 279 g/mol. The van der Waals surface area contributed by atoms with Crippen LogP contribution >= 0.6 is 0 Å². The second-order valence-electron chi connectivity index (χ2n) is 3.72. The first-order valence-corrected chi connectivity index (χ1v) is 5.24. The van der Waals surface area contributed by atoms with Crippen LogP contribution in [0.2, 0.25) is 0 Å². The van der Waals surface area contributed by atoms with Crippen molar-refractivity contribution in [1.82, 2.24) is 9.97 Å². The Labute approximate surface area is 106 Å². The third-order valence-corrected chi connectivity index (χ3v) is 2.16. The minimum absolute atomic E-state index is 0.144. The number of halogens is 3. The van der Waals surface area contributed by atoms with Crippen molar-refractivity contribution in [3.63, 3.8) is 0 Å². The SMILES string of the molecule is Cc1ncc(C(=O)O)c(N(CCO)CC(F)(F)F)n1. The van der Waals surface area contributed by atoms with Crippen molar-refractivity contribution in [3.05, 3.63) is 17.6 Å². The number of carboxylic acid groups (broad SMARTS) is 1. The summed E-state index contributed by atoms with van der Waals surface area (Å²) < 4.78 is 37.3. The van der Waals surface area contributed by atoms with E-state index < -0.39 is 30.9 Å². The van der Waals surface area contributed by atoms with Crippen LogP contribution in [0.3, 0.4) is 0 Å². The molecule has 1 aromatic heterocycles. The van der Waals surface area contributed by atoms with Crippen molar-refractivity contribution < 1.29 is 28.2 Å². The Morgan fingerprint density at radius 3 is 2.58 bits per heavy atom. The van der Waals surface area contributed by atoms with Crippen LogP contribution in [-0.4, -0.2) is 52.0 Å². The number of carboxylic acids is 1. The molecule has 0 spiro atoms. The van der Waals surface area contributed by atoms with Gasteiger partial charge >= 0.3 is 12.1 Å². The fourth-order valence-electron chi connectivity index (χ4n) is 1.45. The van der Waals surface area contributed by atoms with Gasteiger partial charge in [-0.2, -0.15) is 13.2 Å². The van der Waals surface area contributed by atoms with E-state index in [1.54, 1.807) is 0 Å². The van der Waals surface area contributed by atoms with Gasteiger partial charge in [0.2, 0.25) is 0 Å². The van der Waals surface area contributed by atoms with Gasteiger partial charge in [0.05, 0.1) is 6.61 Å². The predicted molar refractivity (Wildman–Crippen MR) is 59.1 cm³/mol. The number of rotatable bonds is 5. The zero-order valence-corrected chi connectivity index (χ0v) is 9.98. The van der Waals surface area contributed by atoms with E-state index in [-0.39, 0.29) is 18.2 Å². The van der Waals surface area contributed by atoms with Crippen LogP contribution in [-0.2, 0) is 0 Å². The molecular formula is C10H12F3N3O3. The van der Waals surface area contributed by atoms with Crippen LogP contribution in [0, 0.1) is 6.92 Å². The molecule has 0 unspecified atom stereocenters. The second-order valence-corrected chi connectivity index (χ2v) is 3.72.